The maximum absolute atomic E-state index is 12.1. The van der Waals surface area contributed by atoms with E-state index in [4.69, 9.17) is 16.3 Å². The van der Waals surface area contributed by atoms with Gasteiger partial charge in [-0.05, 0) is 31.7 Å². The van der Waals surface area contributed by atoms with Gasteiger partial charge in [-0.25, -0.2) is 0 Å². The summed E-state index contributed by atoms with van der Waals surface area (Å²) in [7, 11) is 1.79. The second-order valence-electron chi connectivity index (χ2n) is 4.71. The Morgan fingerprint density at radius 2 is 2.16 bits per heavy atom. The van der Waals surface area contributed by atoms with Crippen LogP contribution in [-0.4, -0.2) is 43.6 Å². The Morgan fingerprint density at radius 3 is 2.79 bits per heavy atom. The fourth-order valence-corrected chi connectivity index (χ4v) is 2.25. The van der Waals surface area contributed by atoms with Gasteiger partial charge in [0, 0.05) is 11.6 Å². The van der Waals surface area contributed by atoms with E-state index in [0.717, 1.165) is 5.56 Å². The van der Waals surface area contributed by atoms with Crippen LogP contribution in [0.1, 0.15) is 18.6 Å². The Morgan fingerprint density at radius 1 is 1.47 bits per heavy atom. The summed E-state index contributed by atoms with van der Waals surface area (Å²) in [5.41, 5.74) is 1.05. The van der Waals surface area contributed by atoms with Crippen molar-refractivity contribution in [2.24, 2.45) is 0 Å². The molecule has 1 saturated heterocycles. The van der Waals surface area contributed by atoms with Gasteiger partial charge in [0.2, 0.25) is 5.91 Å². The summed E-state index contributed by atoms with van der Waals surface area (Å²) in [6.07, 6.45) is -0.0703. The van der Waals surface area contributed by atoms with Crippen LogP contribution in [-0.2, 0) is 9.53 Å². The molecule has 19 heavy (non-hydrogen) atoms. The lowest BCUT2D eigenvalue weighted by Gasteiger charge is -2.34. The van der Waals surface area contributed by atoms with E-state index in [9.17, 15) is 4.79 Å². The fraction of sp³-hybridized carbons (Fsp3) is 0.500. The van der Waals surface area contributed by atoms with Crippen LogP contribution >= 0.6 is 11.6 Å². The van der Waals surface area contributed by atoms with Crippen LogP contribution in [0.25, 0.3) is 0 Å². The molecule has 0 spiro atoms. The Kier molecular flexibility index (Phi) is 4.80. The molecule has 0 bridgehead atoms. The average molecular weight is 283 g/mol. The van der Waals surface area contributed by atoms with E-state index in [1.807, 2.05) is 36.1 Å². The Bertz CT molecular complexity index is 436. The van der Waals surface area contributed by atoms with Crippen LogP contribution in [0.15, 0.2) is 24.3 Å². The van der Waals surface area contributed by atoms with Gasteiger partial charge in [0.15, 0.2) is 0 Å². The van der Waals surface area contributed by atoms with Crippen molar-refractivity contribution < 1.29 is 9.53 Å². The van der Waals surface area contributed by atoms with E-state index < -0.39 is 0 Å². The van der Waals surface area contributed by atoms with Crippen molar-refractivity contribution in [3.63, 3.8) is 0 Å². The Hall–Kier alpha value is -1.10. The van der Waals surface area contributed by atoms with Crippen LogP contribution < -0.4 is 5.32 Å². The number of halogens is 1. The van der Waals surface area contributed by atoms with Crippen LogP contribution in [0.3, 0.4) is 0 Å². The maximum Gasteiger partial charge on any atom is 0.239 e. The lowest BCUT2D eigenvalue weighted by Crippen LogP contribution is -2.49. The average Bonchev–Trinajstić information content (AvgIpc) is 2.46. The highest BCUT2D eigenvalue weighted by Crippen LogP contribution is 2.23. The number of morpholine rings is 1. The van der Waals surface area contributed by atoms with Gasteiger partial charge in [0.25, 0.3) is 0 Å². The minimum Gasteiger partial charge on any atom is -0.370 e. The van der Waals surface area contributed by atoms with Crippen LogP contribution in [0.5, 0.6) is 0 Å². The molecule has 0 saturated carbocycles. The monoisotopic (exact) mass is 282 g/mol. The summed E-state index contributed by atoms with van der Waals surface area (Å²) in [5, 5.41) is 3.68. The topological polar surface area (TPSA) is 41.6 Å². The Labute approximate surface area is 118 Å². The molecule has 2 unspecified atom stereocenters. The number of amides is 1. The van der Waals surface area contributed by atoms with Crippen LogP contribution in [0.4, 0.5) is 0 Å². The SMILES string of the molecule is CNC(C)C(=O)N1CCOC(c2ccc(Cl)cc2)C1. The minimum absolute atomic E-state index is 0.0703. The third-order valence-corrected chi connectivity index (χ3v) is 3.68. The normalized spacial score (nSPS) is 21.2. The van der Waals surface area contributed by atoms with Gasteiger partial charge in [-0.15, -0.1) is 0 Å². The number of likely N-dealkylation sites (N-methyl/N-ethyl adjacent to an activating group) is 1. The first kappa shape index (κ1) is 14.3. The van der Waals surface area contributed by atoms with Gasteiger partial charge < -0.3 is 15.0 Å². The van der Waals surface area contributed by atoms with Gasteiger partial charge in [-0.1, -0.05) is 23.7 Å². The van der Waals surface area contributed by atoms with Crippen molar-refractivity contribution in [2.75, 3.05) is 26.7 Å². The molecule has 0 aromatic heterocycles. The largest absolute Gasteiger partial charge is 0.370 e. The smallest absolute Gasteiger partial charge is 0.239 e. The third-order valence-electron chi connectivity index (χ3n) is 3.42. The summed E-state index contributed by atoms with van der Waals surface area (Å²) in [4.78, 5) is 14.0. The number of hydrogen-bond donors (Lipinski definition) is 1. The summed E-state index contributed by atoms with van der Waals surface area (Å²) >= 11 is 5.88. The number of hydrogen-bond acceptors (Lipinski definition) is 3. The lowest BCUT2D eigenvalue weighted by molar-refractivity contribution is -0.140. The molecule has 1 aliphatic heterocycles. The summed E-state index contributed by atoms with van der Waals surface area (Å²) < 4.78 is 5.74. The molecule has 1 fully saturated rings. The molecule has 1 aliphatic rings. The zero-order chi connectivity index (χ0) is 13.8. The summed E-state index contributed by atoms with van der Waals surface area (Å²) in [6.45, 7) is 3.67. The molecule has 5 heteroatoms. The van der Waals surface area contributed by atoms with Crippen LogP contribution in [0.2, 0.25) is 5.02 Å². The van der Waals surface area contributed by atoms with Crippen LogP contribution in [0, 0.1) is 0 Å². The molecule has 104 valence electrons. The second kappa shape index (κ2) is 6.37. The third kappa shape index (κ3) is 3.47. The van der Waals surface area contributed by atoms with E-state index in [-0.39, 0.29) is 18.1 Å². The number of carbonyl (C=O) groups is 1. The molecule has 4 nitrogen and oxygen atoms in total. The van der Waals surface area contributed by atoms with Gasteiger partial charge in [-0.2, -0.15) is 0 Å². The van der Waals surface area contributed by atoms with E-state index in [1.165, 1.54) is 0 Å². The molecule has 1 aromatic carbocycles. The number of benzene rings is 1. The molecular weight excluding hydrogens is 264 g/mol. The van der Waals surface area contributed by atoms with Crippen molar-refractivity contribution >= 4 is 17.5 Å². The summed E-state index contributed by atoms with van der Waals surface area (Å²) in [6, 6.07) is 7.42. The van der Waals surface area contributed by atoms with Crippen molar-refractivity contribution in [2.45, 2.75) is 19.1 Å². The van der Waals surface area contributed by atoms with E-state index in [0.29, 0.717) is 24.7 Å². The van der Waals surface area contributed by atoms with Gasteiger partial charge in [0.05, 0.1) is 19.2 Å². The number of ether oxygens (including phenoxy) is 1. The predicted molar refractivity (Wildman–Crippen MR) is 75.2 cm³/mol. The predicted octanol–water partition coefficient (Wildman–Crippen LogP) is 1.85. The van der Waals surface area contributed by atoms with E-state index in [2.05, 4.69) is 5.32 Å². The molecule has 2 rings (SSSR count). The first-order valence-electron chi connectivity index (χ1n) is 6.45. The first-order valence-corrected chi connectivity index (χ1v) is 6.82. The van der Waals surface area contributed by atoms with Gasteiger partial charge in [0.1, 0.15) is 6.10 Å². The fourth-order valence-electron chi connectivity index (χ4n) is 2.13. The van der Waals surface area contributed by atoms with Crippen molar-refractivity contribution in [1.82, 2.24) is 10.2 Å². The highest BCUT2D eigenvalue weighted by Gasteiger charge is 2.27. The van der Waals surface area contributed by atoms with Crippen molar-refractivity contribution in [3.8, 4) is 0 Å². The number of nitrogens with one attached hydrogen (secondary N) is 1. The van der Waals surface area contributed by atoms with Gasteiger partial charge >= 0.3 is 0 Å². The zero-order valence-electron chi connectivity index (χ0n) is 11.2. The second-order valence-corrected chi connectivity index (χ2v) is 5.14. The zero-order valence-corrected chi connectivity index (χ0v) is 12.0. The minimum atomic E-state index is -0.163. The number of rotatable bonds is 3. The van der Waals surface area contributed by atoms with Gasteiger partial charge in [-0.3, -0.25) is 4.79 Å². The van der Waals surface area contributed by atoms with Crippen molar-refractivity contribution in [3.05, 3.63) is 34.9 Å². The molecular formula is C14H19ClN2O2. The Balaban J connectivity index is 2.04. The highest BCUT2D eigenvalue weighted by molar-refractivity contribution is 6.30. The molecule has 2 atom stereocenters. The molecule has 0 radical (unpaired) electrons. The molecule has 1 amide bonds. The molecule has 1 heterocycles. The maximum atomic E-state index is 12.1. The standard InChI is InChI=1S/C14H19ClN2O2/c1-10(16-2)14(18)17-7-8-19-13(9-17)11-3-5-12(15)6-4-11/h3-6,10,13,16H,7-9H2,1-2H3. The highest BCUT2D eigenvalue weighted by atomic mass is 35.5. The molecule has 1 aromatic rings. The lowest BCUT2D eigenvalue weighted by atomic mass is 10.1. The number of nitrogens with zero attached hydrogens (tertiary/aromatic N) is 1. The van der Waals surface area contributed by atoms with Crippen molar-refractivity contribution in [1.29, 1.82) is 0 Å². The summed E-state index contributed by atoms with van der Waals surface area (Å²) in [5.74, 6) is 0.116. The first-order chi connectivity index (χ1) is 9.11. The van der Waals surface area contributed by atoms with E-state index in [1.54, 1.807) is 7.05 Å². The number of carbonyl (C=O) groups excluding carboxylic acids is 1. The van der Waals surface area contributed by atoms with E-state index >= 15 is 0 Å². The molecule has 1 N–H and O–H groups in total. The molecule has 0 aliphatic carbocycles. The quantitative estimate of drug-likeness (QED) is 0.920.